The summed E-state index contributed by atoms with van der Waals surface area (Å²) in [7, 11) is 0. The van der Waals surface area contributed by atoms with E-state index in [1.54, 1.807) is 0 Å². The zero-order valence-electron chi connectivity index (χ0n) is 9.43. The van der Waals surface area contributed by atoms with Crippen LogP contribution in [-0.2, 0) is 11.2 Å². The van der Waals surface area contributed by atoms with E-state index in [9.17, 15) is 4.79 Å². The van der Waals surface area contributed by atoms with Gasteiger partial charge in [0, 0.05) is 6.42 Å². The average molecular weight is 218 g/mol. The lowest BCUT2D eigenvalue weighted by Crippen LogP contribution is -2.07. The van der Waals surface area contributed by atoms with Crippen molar-refractivity contribution in [1.82, 2.24) is 0 Å². The quantitative estimate of drug-likeness (QED) is 0.713. The summed E-state index contributed by atoms with van der Waals surface area (Å²) < 4.78 is 0. The van der Waals surface area contributed by atoms with E-state index < -0.39 is 5.97 Å². The van der Waals surface area contributed by atoms with Crippen LogP contribution in [0.3, 0.4) is 0 Å². The van der Waals surface area contributed by atoms with E-state index in [2.05, 4.69) is 18.7 Å². The topological polar surface area (TPSA) is 37.3 Å². The van der Waals surface area contributed by atoms with Crippen LogP contribution in [0, 0.1) is 5.92 Å². The molecular weight excluding hydrogens is 200 g/mol. The van der Waals surface area contributed by atoms with Crippen molar-refractivity contribution in [3.8, 4) is 0 Å². The molecule has 0 heterocycles. The van der Waals surface area contributed by atoms with Crippen LogP contribution in [0.4, 0.5) is 0 Å². The number of hydrogen-bond donors (Lipinski definition) is 1. The smallest absolute Gasteiger partial charge is 0.303 e. The van der Waals surface area contributed by atoms with Crippen LogP contribution in [0.25, 0.3) is 0 Å². The highest BCUT2D eigenvalue weighted by atomic mass is 16.4. The van der Waals surface area contributed by atoms with Crippen LogP contribution in [-0.4, -0.2) is 11.1 Å². The molecule has 16 heavy (non-hydrogen) atoms. The Balaban J connectivity index is 2.50. The van der Waals surface area contributed by atoms with Crippen molar-refractivity contribution in [2.24, 2.45) is 5.92 Å². The Hall–Kier alpha value is -1.57. The van der Waals surface area contributed by atoms with Crippen molar-refractivity contribution in [1.29, 1.82) is 0 Å². The molecule has 1 unspecified atom stereocenters. The molecule has 0 saturated carbocycles. The second-order valence-electron chi connectivity index (χ2n) is 4.01. The minimum absolute atomic E-state index is 0.241. The lowest BCUT2D eigenvalue weighted by atomic mass is 9.92. The zero-order chi connectivity index (χ0) is 11.8. The number of carbonyl (C=O) groups is 1. The largest absolute Gasteiger partial charge is 0.481 e. The normalized spacial score (nSPS) is 12.0. The van der Waals surface area contributed by atoms with E-state index in [0.717, 1.165) is 19.3 Å². The van der Waals surface area contributed by atoms with E-state index in [4.69, 9.17) is 5.11 Å². The minimum atomic E-state index is -0.720. The van der Waals surface area contributed by atoms with Gasteiger partial charge in [-0.25, -0.2) is 0 Å². The SMILES string of the molecule is C=CCC(CCC(=O)O)Cc1ccccc1. The monoisotopic (exact) mass is 218 g/mol. The molecule has 0 radical (unpaired) electrons. The van der Waals surface area contributed by atoms with Crippen LogP contribution in [0.15, 0.2) is 43.0 Å². The fourth-order valence-corrected chi connectivity index (χ4v) is 1.81. The third-order valence-corrected chi connectivity index (χ3v) is 2.63. The number of carboxylic acid groups (broad SMARTS) is 1. The molecule has 1 atom stereocenters. The summed E-state index contributed by atoms with van der Waals surface area (Å²) in [6.07, 6.45) is 4.64. The molecule has 0 amide bonds. The number of allylic oxidation sites excluding steroid dienone is 1. The van der Waals surface area contributed by atoms with Crippen molar-refractivity contribution in [3.63, 3.8) is 0 Å². The van der Waals surface area contributed by atoms with Gasteiger partial charge < -0.3 is 5.11 Å². The first kappa shape index (κ1) is 12.5. The number of hydrogen-bond acceptors (Lipinski definition) is 1. The summed E-state index contributed by atoms with van der Waals surface area (Å²) in [5.74, 6) is -0.335. The minimum Gasteiger partial charge on any atom is -0.481 e. The lowest BCUT2D eigenvalue weighted by molar-refractivity contribution is -0.137. The fraction of sp³-hybridized carbons (Fsp3) is 0.357. The van der Waals surface area contributed by atoms with Crippen molar-refractivity contribution in [2.75, 3.05) is 0 Å². The maximum absolute atomic E-state index is 10.5. The lowest BCUT2D eigenvalue weighted by Gasteiger charge is -2.13. The van der Waals surface area contributed by atoms with Crippen molar-refractivity contribution < 1.29 is 9.90 Å². The Morgan fingerprint density at radius 2 is 2.06 bits per heavy atom. The molecule has 2 nitrogen and oxygen atoms in total. The molecule has 1 aromatic rings. The van der Waals surface area contributed by atoms with E-state index in [1.807, 2.05) is 24.3 Å². The molecule has 1 N–H and O–H groups in total. The van der Waals surface area contributed by atoms with Gasteiger partial charge in [-0.05, 0) is 30.7 Å². The van der Waals surface area contributed by atoms with E-state index >= 15 is 0 Å². The van der Waals surface area contributed by atoms with Gasteiger partial charge in [0.05, 0.1) is 0 Å². The molecule has 0 aliphatic heterocycles. The number of rotatable bonds is 7. The molecule has 86 valence electrons. The summed E-state index contributed by atoms with van der Waals surface area (Å²) >= 11 is 0. The summed E-state index contributed by atoms with van der Waals surface area (Å²) in [6.45, 7) is 3.72. The van der Waals surface area contributed by atoms with E-state index in [1.165, 1.54) is 5.56 Å². The first-order valence-electron chi connectivity index (χ1n) is 5.59. The molecule has 0 aliphatic rings. The maximum atomic E-state index is 10.5. The Labute approximate surface area is 96.6 Å². The molecule has 0 saturated heterocycles. The maximum Gasteiger partial charge on any atom is 0.303 e. The van der Waals surface area contributed by atoms with Crippen LogP contribution in [0.1, 0.15) is 24.8 Å². The predicted molar refractivity (Wildman–Crippen MR) is 65.3 cm³/mol. The van der Waals surface area contributed by atoms with Gasteiger partial charge in [0.1, 0.15) is 0 Å². The van der Waals surface area contributed by atoms with Gasteiger partial charge in [0.15, 0.2) is 0 Å². The van der Waals surface area contributed by atoms with Crippen molar-refractivity contribution in [3.05, 3.63) is 48.6 Å². The predicted octanol–water partition coefficient (Wildman–Crippen LogP) is 3.29. The Morgan fingerprint density at radius 3 is 2.62 bits per heavy atom. The van der Waals surface area contributed by atoms with Crippen molar-refractivity contribution >= 4 is 5.97 Å². The van der Waals surface area contributed by atoms with Crippen LogP contribution in [0.5, 0.6) is 0 Å². The number of benzene rings is 1. The van der Waals surface area contributed by atoms with Gasteiger partial charge in [-0.2, -0.15) is 0 Å². The zero-order valence-corrected chi connectivity index (χ0v) is 9.43. The van der Waals surface area contributed by atoms with Gasteiger partial charge in [0.25, 0.3) is 0 Å². The van der Waals surface area contributed by atoms with Crippen LogP contribution < -0.4 is 0 Å². The van der Waals surface area contributed by atoms with Gasteiger partial charge in [-0.15, -0.1) is 6.58 Å². The summed E-state index contributed by atoms with van der Waals surface area (Å²) in [6, 6.07) is 10.2. The summed E-state index contributed by atoms with van der Waals surface area (Å²) in [5.41, 5.74) is 1.26. The Kier molecular flexibility index (Phi) is 5.34. The van der Waals surface area contributed by atoms with Gasteiger partial charge >= 0.3 is 5.97 Å². The fourth-order valence-electron chi connectivity index (χ4n) is 1.81. The Morgan fingerprint density at radius 1 is 1.38 bits per heavy atom. The standard InChI is InChI=1S/C14H18O2/c1-2-6-12(9-10-14(15)16)11-13-7-4-3-5-8-13/h2-5,7-8,12H,1,6,9-11H2,(H,15,16). The molecule has 1 aromatic carbocycles. The first-order chi connectivity index (χ1) is 7.72. The summed E-state index contributed by atoms with van der Waals surface area (Å²) in [5, 5.41) is 8.67. The molecular formula is C14H18O2. The van der Waals surface area contributed by atoms with Crippen LogP contribution in [0.2, 0.25) is 0 Å². The van der Waals surface area contributed by atoms with Gasteiger partial charge in [-0.1, -0.05) is 36.4 Å². The highest BCUT2D eigenvalue weighted by Gasteiger charge is 2.10. The molecule has 2 heteroatoms. The van der Waals surface area contributed by atoms with E-state index in [0.29, 0.717) is 5.92 Å². The molecule has 1 rings (SSSR count). The highest BCUT2D eigenvalue weighted by molar-refractivity contribution is 5.66. The third kappa shape index (κ3) is 4.78. The molecule has 0 bridgehead atoms. The Bertz CT molecular complexity index is 330. The molecule has 0 aromatic heterocycles. The summed E-state index contributed by atoms with van der Waals surface area (Å²) in [4.78, 5) is 10.5. The average Bonchev–Trinajstić information content (AvgIpc) is 2.27. The second-order valence-corrected chi connectivity index (χ2v) is 4.01. The molecule has 0 aliphatic carbocycles. The van der Waals surface area contributed by atoms with Gasteiger partial charge in [-0.3, -0.25) is 4.79 Å². The van der Waals surface area contributed by atoms with Crippen LogP contribution >= 0.6 is 0 Å². The number of carboxylic acids is 1. The first-order valence-corrected chi connectivity index (χ1v) is 5.59. The van der Waals surface area contributed by atoms with E-state index in [-0.39, 0.29) is 6.42 Å². The third-order valence-electron chi connectivity index (χ3n) is 2.63. The molecule has 0 fully saturated rings. The van der Waals surface area contributed by atoms with Crippen molar-refractivity contribution in [2.45, 2.75) is 25.7 Å². The number of aliphatic carboxylic acids is 1. The highest BCUT2D eigenvalue weighted by Crippen LogP contribution is 2.18. The second kappa shape index (κ2) is 6.83. The molecule has 0 spiro atoms. The van der Waals surface area contributed by atoms with Gasteiger partial charge in [0.2, 0.25) is 0 Å².